The Labute approximate surface area is 173 Å². The molecule has 2 amide bonds. The number of carbonyl (C=O) groups excluding carboxylic acids is 2. The molecule has 1 N–H and O–H groups in total. The lowest BCUT2D eigenvalue weighted by atomic mass is 9.77. The Bertz CT molecular complexity index is 729. The van der Waals surface area contributed by atoms with Crippen LogP contribution in [-0.4, -0.2) is 55.6 Å². The Morgan fingerprint density at radius 1 is 1.10 bits per heavy atom. The van der Waals surface area contributed by atoms with E-state index in [9.17, 15) is 9.59 Å². The van der Waals surface area contributed by atoms with Gasteiger partial charge in [-0.25, -0.2) is 0 Å². The number of benzene rings is 1. The number of nitrogens with one attached hydrogen (secondary N) is 1. The highest BCUT2D eigenvalue weighted by atomic mass is 16.5. The van der Waals surface area contributed by atoms with Crippen molar-refractivity contribution in [3.8, 4) is 0 Å². The van der Waals surface area contributed by atoms with Crippen LogP contribution in [0.15, 0.2) is 24.3 Å². The normalized spacial score (nSPS) is 30.5. The molecular formula is C23H33N3O3. The molecule has 1 aliphatic carbocycles. The monoisotopic (exact) mass is 399 g/mol. The van der Waals surface area contributed by atoms with Crippen molar-refractivity contribution in [2.45, 2.75) is 45.6 Å². The molecule has 2 saturated heterocycles. The van der Waals surface area contributed by atoms with Gasteiger partial charge in [0.25, 0.3) is 0 Å². The molecule has 0 spiro atoms. The minimum absolute atomic E-state index is 0.0449. The van der Waals surface area contributed by atoms with E-state index in [1.165, 1.54) is 12.8 Å². The van der Waals surface area contributed by atoms with Gasteiger partial charge in [-0.05, 0) is 42.5 Å². The van der Waals surface area contributed by atoms with Crippen LogP contribution in [0.4, 0.5) is 11.4 Å². The van der Waals surface area contributed by atoms with Gasteiger partial charge in [-0.1, -0.05) is 26.7 Å². The van der Waals surface area contributed by atoms with Crippen LogP contribution in [-0.2, 0) is 14.3 Å². The molecule has 1 saturated carbocycles. The molecule has 1 aromatic carbocycles. The summed E-state index contributed by atoms with van der Waals surface area (Å²) in [5, 5.41) is 3.02. The van der Waals surface area contributed by atoms with Crippen molar-refractivity contribution in [3.63, 3.8) is 0 Å². The summed E-state index contributed by atoms with van der Waals surface area (Å²) >= 11 is 0. The van der Waals surface area contributed by atoms with E-state index in [0.29, 0.717) is 24.8 Å². The number of nitrogens with zero attached hydrogens (tertiary/aromatic N) is 2. The number of carbonyl (C=O) groups is 2. The van der Waals surface area contributed by atoms with Gasteiger partial charge in [0.15, 0.2) is 0 Å². The summed E-state index contributed by atoms with van der Waals surface area (Å²) < 4.78 is 5.40. The summed E-state index contributed by atoms with van der Waals surface area (Å²) in [5.41, 5.74) is 1.94. The van der Waals surface area contributed by atoms with Gasteiger partial charge in [0.05, 0.1) is 19.1 Å². The third-order valence-corrected chi connectivity index (χ3v) is 7.10. The maximum Gasteiger partial charge on any atom is 0.229 e. The number of hydrogen-bond donors (Lipinski definition) is 1. The molecule has 4 atom stereocenters. The van der Waals surface area contributed by atoms with Crippen LogP contribution in [0.3, 0.4) is 0 Å². The predicted octanol–water partition coefficient (Wildman–Crippen LogP) is 3.13. The smallest absolute Gasteiger partial charge is 0.229 e. The predicted molar refractivity (Wildman–Crippen MR) is 114 cm³/mol. The highest BCUT2D eigenvalue weighted by molar-refractivity contribution is 5.97. The van der Waals surface area contributed by atoms with E-state index in [2.05, 4.69) is 24.1 Å². The fraction of sp³-hybridized carbons (Fsp3) is 0.652. The van der Waals surface area contributed by atoms with Gasteiger partial charge >= 0.3 is 0 Å². The van der Waals surface area contributed by atoms with E-state index in [0.717, 1.165) is 44.1 Å². The SMILES string of the molecule is CC1CCCC(N2CC(C(=O)Nc3ccc(N4CCOCC4)cc3)CC2=O)C1C. The lowest BCUT2D eigenvalue weighted by Crippen LogP contribution is -2.45. The van der Waals surface area contributed by atoms with Crippen LogP contribution < -0.4 is 10.2 Å². The number of hydrogen-bond acceptors (Lipinski definition) is 4. The molecule has 158 valence electrons. The van der Waals surface area contributed by atoms with Crippen molar-refractivity contribution >= 4 is 23.2 Å². The summed E-state index contributed by atoms with van der Waals surface area (Å²) in [7, 11) is 0. The van der Waals surface area contributed by atoms with Crippen LogP contribution in [0.2, 0.25) is 0 Å². The minimum Gasteiger partial charge on any atom is -0.378 e. The molecule has 0 aromatic heterocycles. The zero-order valence-electron chi connectivity index (χ0n) is 17.6. The lowest BCUT2D eigenvalue weighted by molar-refractivity contribution is -0.131. The van der Waals surface area contributed by atoms with Crippen molar-refractivity contribution in [3.05, 3.63) is 24.3 Å². The molecule has 6 nitrogen and oxygen atoms in total. The number of likely N-dealkylation sites (tertiary alicyclic amines) is 1. The Morgan fingerprint density at radius 2 is 1.83 bits per heavy atom. The van der Waals surface area contributed by atoms with Gasteiger partial charge < -0.3 is 19.9 Å². The maximum absolute atomic E-state index is 12.8. The van der Waals surface area contributed by atoms with E-state index in [1.54, 1.807) is 0 Å². The molecule has 0 bridgehead atoms. The van der Waals surface area contributed by atoms with Crippen molar-refractivity contribution in [1.29, 1.82) is 0 Å². The molecule has 29 heavy (non-hydrogen) atoms. The van der Waals surface area contributed by atoms with Crippen molar-refractivity contribution in [2.24, 2.45) is 17.8 Å². The lowest BCUT2D eigenvalue weighted by Gasteiger charge is -2.40. The Balaban J connectivity index is 1.34. The third-order valence-electron chi connectivity index (χ3n) is 7.10. The third kappa shape index (κ3) is 4.42. The van der Waals surface area contributed by atoms with Gasteiger partial charge in [-0.3, -0.25) is 9.59 Å². The van der Waals surface area contributed by atoms with Crippen molar-refractivity contribution in [1.82, 2.24) is 4.90 Å². The van der Waals surface area contributed by atoms with Crippen LogP contribution in [0.1, 0.15) is 39.5 Å². The summed E-state index contributed by atoms with van der Waals surface area (Å²) in [6, 6.07) is 8.26. The van der Waals surface area contributed by atoms with E-state index in [-0.39, 0.29) is 23.8 Å². The highest BCUT2D eigenvalue weighted by Gasteiger charge is 2.41. The zero-order chi connectivity index (χ0) is 20.4. The fourth-order valence-corrected chi connectivity index (χ4v) is 5.04. The average Bonchev–Trinajstić information content (AvgIpc) is 3.13. The second kappa shape index (κ2) is 8.74. The molecule has 4 rings (SSSR count). The summed E-state index contributed by atoms with van der Waals surface area (Å²) in [6.45, 7) is 8.38. The number of anilines is 2. The number of rotatable bonds is 4. The first-order valence-electron chi connectivity index (χ1n) is 11.1. The number of ether oxygens (including phenoxy) is 1. The molecule has 4 unspecified atom stereocenters. The van der Waals surface area contributed by atoms with Gasteiger partial charge in [0.2, 0.25) is 11.8 Å². The molecule has 3 aliphatic rings. The Kier molecular flexibility index (Phi) is 6.09. The first kappa shape index (κ1) is 20.2. The molecular weight excluding hydrogens is 366 g/mol. The molecule has 6 heteroatoms. The topological polar surface area (TPSA) is 61.9 Å². The Hall–Kier alpha value is -2.08. The Morgan fingerprint density at radius 3 is 2.55 bits per heavy atom. The van der Waals surface area contributed by atoms with E-state index in [4.69, 9.17) is 4.74 Å². The van der Waals surface area contributed by atoms with Crippen LogP contribution >= 0.6 is 0 Å². The zero-order valence-corrected chi connectivity index (χ0v) is 17.6. The minimum atomic E-state index is -0.258. The summed E-state index contributed by atoms with van der Waals surface area (Å²) in [6.07, 6.45) is 3.81. The van der Waals surface area contributed by atoms with E-state index in [1.807, 2.05) is 29.2 Å². The van der Waals surface area contributed by atoms with Crippen LogP contribution in [0.5, 0.6) is 0 Å². The van der Waals surface area contributed by atoms with Crippen LogP contribution in [0, 0.1) is 17.8 Å². The van der Waals surface area contributed by atoms with E-state index < -0.39 is 0 Å². The second-order valence-corrected chi connectivity index (χ2v) is 8.92. The number of morpholine rings is 1. The average molecular weight is 400 g/mol. The molecule has 2 heterocycles. The fourth-order valence-electron chi connectivity index (χ4n) is 5.04. The van der Waals surface area contributed by atoms with Crippen molar-refractivity contribution < 1.29 is 14.3 Å². The van der Waals surface area contributed by atoms with Crippen LogP contribution in [0.25, 0.3) is 0 Å². The standard InChI is InChI=1S/C23H33N3O3/c1-16-4-3-5-21(17(16)2)26-15-18(14-22(26)27)23(28)24-19-6-8-20(9-7-19)25-10-12-29-13-11-25/h6-9,16-18,21H,3-5,10-15H2,1-2H3,(H,24,28). The quantitative estimate of drug-likeness (QED) is 0.845. The maximum atomic E-state index is 12.8. The first-order valence-corrected chi connectivity index (χ1v) is 11.1. The first-order chi connectivity index (χ1) is 14.0. The molecule has 3 fully saturated rings. The largest absolute Gasteiger partial charge is 0.378 e. The highest BCUT2D eigenvalue weighted by Crippen LogP contribution is 2.36. The summed E-state index contributed by atoms with van der Waals surface area (Å²) in [4.78, 5) is 29.7. The van der Waals surface area contributed by atoms with E-state index >= 15 is 0 Å². The molecule has 1 aromatic rings. The second-order valence-electron chi connectivity index (χ2n) is 8.92. The summed E-state index contributed by atoms with van der Waals surface area (Å²) in [5.74, 6) is 0.975. The van der Waals surface area contributed by atoms with Gasteiger partial charge in [0.1, 0.15) is 0 Å². The van der Waals surface area contributed by atoms with Crippen molar-refractivity contribution in [2.75, 3.05) is 43.1 Å². The molecule has 0 radical (unpaired) electrons. The number of amides is 2. The van der Waals surface area contributed by atoms with Gasteiger partial charge in [-0.15, -0.1) is 0 Å². The van der Waals surface area contributed by atoms with Gasteiger partial charge in [-0.2, -0.15) is 0 Å². The molecule has 2 aliphatic heterocycles. The van der Waals surface area contributed by atoms with Gasteiger partial charge in [0, 0.05) is 43.5 Å².